The highest BCUT2D eigenvalue weighted by Crippen LogP contribution is 2.31. The monoisotopic (exact) mass is 252 g/mol. The average Bonchev–Trinajstić information content (AvgIpc) is 2.30. The summed E-state index contributed by atoms with van der Waals surface area (Å²) in [4.78, 5) is 2.17. The van der Waals surface area contributed by atoms with E-state index in [1.165, 1.54) is 12.1 Å². The minimum atomic E-state index is -0.416. The number of nitrogens with two attached hydrogens (primary N) is 1. The maximum Gasteiger partial charge on any atom is 0.123 e. The highest BCUT2D eigenvalue weighted by Gasteiger charge is 2.36. The van der Waals surface area contributed by atoms with E-state index in [2.05, 4.69) is 32.8 Å². The molecule has 0 aliphatic heterocycles. The van der Waals surface area contributed by atoms with Gasteiger partial charge in [-0.05, 0) is 44.6 Å². The third-order valence-electron chi connectivity index (χ3n) is 3.65. The summed E-state index contributed by atoms with van der Waals surface area (Å²) >= 11 is 0. The Hall–Kier alpha value is -0.930. The van der Waals surface area contributed by atoms with Crippen molar-refractivity contribution >= 4 is 0 Å². The van der Waals surface area contributed by atoms with Crippen LogP contribution in [-0.2, 0) is 5.54 Å². The fourth-order valence-electron chi connectivity index (χ4n) is 2.87. The van der Waals surface area contributed by atoms with Gasteiger partial charge in [0.2, 0.25) is 0 Å². The van der Waals surface area contributed by atoms with Gasteiger partial charge in [-0.1, -0.05) is 32.4 Å². The number of likely N-dealkylation sites (N-methyl/N-ethyl adjacent to an activating group) is 1. The molecule has 0 saturated heterocycles. The number of rotatable bonds is 6. The lowest BCUT2D eigenvalue weighted by atomic mass is 9.78. The molecule has 3 heteroatoms. The molecular formula is C15H25FN2. The Morgan fingerprint density at radius 3 is 2.17 bits per heavy atom. The van der Waals surface area contributed by atoms with Gasteiger partial charge in [0.05, 0.1) is 5.54 Å². The first-order chi connectivity index (χ1) is 8.45. The molecule has 2 N–H and O–H groups in total. The molecule has 1 aromatic carbocycles. The van der Waals surface area contributed by atoms with E-state index < -0.39 is 5.54 Å². The van der Waals surface area contributed by atoms with Crippen molar-refractivity contribution in [2.45, 2.75) is 44.7 Å². The molecule has 0 heterocycles. The van der Waals surface area contributed by atoms with Crippen LogP contribution in [0.2, 0.25) is 0 Å². The number of benzene rings is 1. The number of nitrogens with zero attached hydrogens (tertiary/aromatic N) is 1. The van der Waals surface area contributed by atoms with Crippen molar-refractivity contribution in [2.24, 2.45) is 5.73 Å². The molecule has 1 rings (SSSR count). The van der Waals surface area contributed by atoms with Crippen molar-refractivity contribution in [3.63, 3.8) is 0 Å². The fraction of sp³-hybridized carbons (Fsp3) is 0.600. The van der Waals surface area contributed by atoms with Gasteiger partial charge in [-0.15, -0.1) is 0 Å². The van der Waals surface area contributed by atoms with Crippen LogP contribution in [0.25, 0.3) is 0 Å². The molecule has 102 valence electrons. The van der Waals surface area contributed by atoms with Crippen LogP contribution < -0.4 is 5.73 Å². The fourth-order valence-corrected chi connectivity index (χ4v) is 2.87. The zero-order valence-electron chi connectivity index (χ0n) is 11.9. The van der Waals surface area contributed by atoms with Crippen molar-refractivity contribution < 1.29 is 4.39 Å². The Kier molecular flexibility index (Phi) is 5.29. The van der Waals surface area contributed by atoms with E-state index in [1.807, 2.05) is 12.1 Å². The van der Waals surface area contributed by atoms with Gasteiger partial charge in [-0.25, -0.2) is 4.39 Å². The minimum absolute atomic E-state index is 0.212. The highest BCUT2D eigenvalue weighted by molar-refractivity contribution is 5.27. The van der Waals surface area contributed by atoms with Gasteiger partial charge < -0.3 is 10.6 Å². The van der Waals surface area contributed by atoms with Crippen molar-refractivity contribution in [2.75, 3.05) is 14.1 Å². The van der Waals surface area contributed by atoms with E-state index >= 15 is 0 Å². The third kappa shape index (κ3) is 3.09. The second-order valence-corrected chi connectivity index (χ2v) is 5.18. The van der Waals surface area contributed by atoms with E-state index in [-0.39, 0.29) is 11.9 Å². The van der Waals surface area contributed by atoms with Crippen molar-refractivity contribution in [3.8, 4) is 0 Å². The summed E-state index contributed by atoms with van der Waals surface area (Å²) in [5.74, 6) is -0.212. The predicted molar refractivity (Wildman–Crippen MR) is 74.9 cm³/mol. The van der Waals surface area contributed by atoms with Gasteiger partial charge in [0.1, 0.15) is 5.82 Å². The van der Waals surface area contributed by atoms with Gasteiger partial charge in [0.25, 0.3) is 0 Å². The summed E-state index contributed by atoms with van der Waals surface area (Å²) in [7, 11) is 4.10. The molecule has 0 bridgehead atoms. The van der Waals surface area contributed by atoms with Crippen molar-refractivity contribution in [1.82, 2.24) is 4.90 Å². The summed E-state index contributed by atoms with van der Waals surface area (Å²) in [6, 6.07) is 6.88. The van der Waals surface area contributed by atoms with E-state index in [0.717, 1.165) is 24.8 Å². The van der Waals surface area contributed by atoms with Crippen LogP contribution in [0.5, 0.6) is 0 Å². The first kappa shape index (κ1) is 15.1. The summed E-state index contributed by atoms with van der Waals surface area (Å²) in [6.07, 6.45) is 2.88. The lowest BCUT2D eigenvalue weighted by molar-refractivity contribution is 0.159. The number of halogens is 1. The Morgan fingerprint density at radius 1 is 1.22 bits per heavy atom. The van der Waals surface area contributed by atoms with Crippen LogP contribution in [-0.4, -0.2) is 25.0 Å². The van der Waals surface area contributed by atoms with Crippen molar-refractivity contribution in [3.05, 3.63) is 35.6 Å². The van der Waals surface area contributed by atoms with E-state index in [4.69, 9.17) is 5.73 Å². The first-order valence-electron chi connectivity index (χ1n) is 6.67. The molecule has 0 spiro atoms. The second kappa shape index (κ2) is 6.30. The quantitative estimate of drug-likeness (QED) is 0.843. The Bertz CT molecular complexity index is 361. The van der Waals surface area contributed by atoms with Gasteiger partial charge in [-0.3, -0.25) is 0 Å². The summed E-state index contributed by atoms with van der Waals surface area (Å²) in [6.45, 7) is 4.28. The Labute approximate surface area is 110 Å². The van der Waals surface area contributed by atoms with Crippen LogP contribution in [0.15, 0.2) is 24.3 Å². The van der Waals surface area contributed by atoms with E-state index in [0.29, 0.717) is 0 Å². The van der Waals surface area contributed by atoms with Crippen LogP contribution in [0.3, 0.4) is 0 Å². The topological polar surface area (TPSA) is 29.3 Å². The predicted octanol–water partition coefficient (Wildman–Crippen LogP) is 3.12. The van der Waals surface area contributed by atoms with Crippen LogP contribution in [0.4, 0.5) is 4.39 Å². The maximum atomic E-state index is 13.1. The molecule has 18 heavy (non-hydrogen) atoms. The minimum Gasteiger partial charge on any atom is -0.320 e. The third-order valence-corrected chi connectivity index (χ3v) is 3.65. The van der Waals surface area contributed by atoms with Gasteiger partial charge >= 0.3 is 0 Å². The smallest absolute Gasteiger partial charge is 0.123 e. The van der Waals surface area contributed by atoms with Crippen LogP contribution >= 0.6 is 0 Å². The maximum absolute atomic E-state index is 13.1. The molecule has 1 aromatic rings. The van der Waals surface area contributed by atoms with E-state index in [9.17, 15) is 4.39 Å². The molecule has 0 aromatic heterocycles. The molecule has 0 saturated carbocycles. The SMILES string of the molecule is CCCC(N)(c1ccc(F)cc1)C(CC)N(C)C. The van der Waals surface area contributed by atoms with Gasteiger partial charge in [0.15, 0.2) is 0 Å². The normalized spacial score (nSPS) is 16.6. The largest absolute Gasteiger partial charge is 0.320 e. The Morgan fingerprint density at radius 2 is 1.78 bits per heavy atom. The number of hydrogen-bond acceptors (Lipinski definition) is 2. The molecule has 0 amide bonds. The molecule has 2 unspecified atom stereocenters. The molecule has 0 aliphatic rings. The highest BCUT2D eigenvalue weighted by atomic mass is 19.1. The lowest BCUT2D eigenvalue weighted by Gasteiger charge is -2.41. The van der Waals surface area contributed by atoms with E-state index in [1.54, 1.807) is 0 Å². The van der Waals surface area contributed by atoms with Gasteiger partial charge in [0, 0.05) is 6.04 Å². The molecule has 0 aliphatic carbocycles. The molecule has 2 atom stereocenters. The van der Waals surface area contributed by atoms with Crippen LogP contribution in [0, 0.1) is 5.82 Å². The average molecular weight is 252 g/mol. The zero-order chi connectivity index (χ0) is 13.8. The van der Waals surface area contributed by atoms with Gasteiger partial charge in [-0.2, -0.15) is 0 Å². The summed E-state index contributed by atoms with van der Waals surface area (Å²) in [5, 5.41) is 0. The molecule has 0 fully saturated rings. The lowest BCUT2D eigenvalue weighted by Crippen LogP contribution is -2.53. The molecule has 2 nitrogen and oxygen atoms in total. The van der Waals surface area contributed by atoms with Crippen LogP contribution in [0.1, 0.15) is 38.7 Å². The molecular weight excluding hydrogens is 227 g/mol. The van der Waals surface area contributed by atoms with Crippen molar-refractivity contribution in [1.29, 1.82) is 0 Å². The Balaban J connectivity index is 3.16. The second-order valence-electron chi connectivity index (χ2n) is 5.18. The zero-order valence-corrected chi connectivity index (χ0v) is 11.9. The summed E-state index contributed by atoms with van der Waals surface area (Å²) in [5.41, 5.74) is 7.28. The number of hydrogen-bond donors (Lipinski definition) is 1. The summed E-state index contributed by atoms with van der Waals surface area (Å²) < 4.78 is 13.1. The standard InChI is InChI=1S/C15H25FN2/c1-5-11-15(17,14(6-2)18(3)4)12-7-9-13(16)10-8-12/h7-10,14H,5-6,11,17H2,1-4H3. The molecule has 0 radical (unpaired) electrons. The first-order valence-corrected chi connectivity index (χ1v) is 6.67.